The third kappa shape index (κ3) is 4.46. The van der Waals surface area contributed by atoms with Crippen LogP contribution in [0, 0.1) is 0 Å². The number of aliphatic imine (C=N–C) groups is 1. The predicted molar refractivity (Wildman–Crippen MR) is 84.2 cm³/mol. The molecule has 2 N–H and O–H groups in total. The maximum atomic E-state index is 12.8. The lowest BCUT2D eigenvalue weighted by atomic mass is 10.1. The molecule has 1 aromatic heterocycles. The zero-order chi connectivity index (χ0) is 17.7. The molecule has 1 aromatic carbocycles. The number of rotatable bonds is 4. The van der Waals surface area contributed by atoms with Crippen LogP contribution in [0.1, 0.15) is 29.9 Å². The van der Waals surface area contributed by atoms with Crippen molar-refractivity contribution in [2.45, 2.75) is 25.7 Å². The van der Waals surface area contributed by atoms with Crippen molar-refractivity contribution in [1.29, 1.82) is 0 Å². The van der Waals surface area contributed by atoms with Gasteiger partial charge in [-0.1, -0.05) is 12.1 Å². The summed E-state index contributed by atoms with van der Waals surface area (Å²) in [4.78, 5) is 8.15. The van der Waals surface area contributed by atoms with Crippen LogP contribution in [0.15, 0.2) is 35.6 Å². The summed E-state index contributed by atoms with van der Waals surface area (Å²) < 4.78 is 40.0. The molecule has 0 radical (unpaired) electrons. The maximum Gasteiger partial charge on any atom is 0.416 e. The molecule has 0 aliphatic rings. The van der Waals surface area contributed by atoms with E-state index in [1.165, 1.54) is 12.4 Å². The first-order chi connectivity index (χ1) is 11.3. The van der Waals surface area contributed by atoms with E-state index in [9.17, 15) is 13.2 Å². The number of nitrogens with one attached hydrogen (secondary N) is 2. The van der Waals surface area contributed by atoms with Gasteiger partial charge in [0.25, 0.3) is 0 Å². The molecule has 0 bridgehead atoms. The van der Waals surface area contributed by atoms with Gasteiger partial charge in [0.15, 0.2) is 5.96 Å². The maximum absolute atomic E-state index is 12.8. The largest absolute Gasteiger partial charge is 0.416 e. The Morgan fingerprint density at radius 2 is 2.12 bits per heavy atom. The van der Waals surface area contributed by atoms with E-state index >= 15 is 0 Å². The fraction of sp³-hybridized carbons (Fsp3) is 0.400. The third-order valence-corrected chi connectivity index (χ3v) is 3.51. The summed E-state index contributed by atoms with van der Waals surface area (Å²) in [5.41, 5.74) is -0.151. The number of nitrogens with zero attached hydrogens (tertiary/aromatic N) is 4. The van der Waals surface area contributed by atoms with Crippen molar-refractivity contribution >= 4 is 5.96 Å². The zero-order valence-electron chi connectivity index (χ0n) is 13.6. The van der Waals surface area contributed by atoms with Crippen LogP contribution < -0.4 is 10.6 Å². The van der Waals surface area contributed by atoms with Gasteiger partial charge in [-0.2, -0.15) is 18.3 Å². The molecular weight excluding hydrogens is 321 g/mol. The van der Waals surface area contributed by atoms with Crippen LogP contribution in [-0.4, -0.2) is 27.8 Å². The second-order valence-corrected chi connectivity index (χ2v) is 5.21. The van der Waals surface area contributed by atoms with Gasteiger partial charge in [0, 0.05) is 14.1 Å². The monoisotopic (exact) mass is 340 g/mol. The van der Waals surface area contributed by atoms with Crippen molar-refractivity contribution in [3.05, 3.63) is 47.5 Å². The van der Waals surface area contributed by atoms with Gasteiger partial charge >= 0.3 is 6.18 Å². The lowest BCUT2D eigenvalue weighted by Crippen LogP contribution is -2.38. The Morgan fingerprint density at radius 1 is 1.38 bits per heavy atom. The smallest absolute Gasteiger partial charge is 0.350 e. The Labute approximate surface area is 137 Å². The summed E-state index contributed by atoms with van der Waals surface area (Å²) in [5, 5.41) is 10.1. The van der Waals surface area contributed by atoms with E-state index in [1.54, 1.807) is 31.8 Å². The molecule has 0 spiro atoms. The molecule has 2 aromatic rings. The number of benzene rings is 1. The summed E-state index contributed by atoms with van der Waals surface area (Å²) in [5.74, 6) is 1.17. The van der Waals surface area contributed by atoms with Crippen molar-refractivity contribution in [2.24, 2.45) is 12.0 Å². The van der Waals surface area contributed by atoms with Crippen LogP contribution in [-0.2, 0) is 19.8 Å². The molecule has 0 fully saturated rings. The van der Waals surface area contributed by atoms with Gasteiger partial charge in [-0.15, -0.1) is 0 Å². The van der Waals surface area contributed by atoms with Crippen LogP contribution >= 0.6 is 0 Å². The first-order valence-electron chi connectivity index (χ1n) is 7.28. The highest BCUT2D eigenvalue weighted by atomic mass is 19.4. The summed E-state index contributed by atoms with van der Waals surface area (Å²) in [6.07, 6.45) is -2.92. The number of halogens is 3. The van der Waals surface area contributed by atoms with Crippen molar-refractivity contribution in [3.8, 4) is 0 Å². The summed E-state index contributed by atoms with van der Waals surface area (Å²) in [6.45, 7) is 2.16. The number of hydrogen-bond acceptors (Lipinski definition) is 3. The Hall–Kier alpha value is -2.58. The molecule has 130 valence electrons. The number of alkyl halides is 3. The van der Waals surface area contributed by atoms with E-state index in [0.717, 1.165) is 12.1 Å². The average molecular weight is 340 g/mol. The SMILES string of the molecule is CN=C(NCc1ncnn1C)NC(C)c1cccc(C(F)(F)F)c1. The fourth-order valence-corrected chi connectivity index (χ4v) is 2.11. The molecular formula is C15H19F3N6. The van der Waals surface area contributed by atoms with Crippen molar-refractivity contribution in [3.63, 3.8) is 0 Å². The van der Waals surface area contributed by atoms with E-state index in [4.69, 9.17) is 0 Å². The molecule has 2 rings (SSSR count). The number of aromatic nitrogens is 3. The number of guanidine groups is 1. The van der Waals surface area contributed by atoms with Crippen LogP contribution in [0.3, 0.4) is 0 Å². The molecule has 1 unspecified atom stereocenters. The minimum absolute atomic E-state index is 0.349. The van der Waals surface area contributed by atoms with Crippen molar-refractivity contribution < 1.29 is 13.2 Å². The highest BCUT2D eigenvalue weighted by molar-refractivity contribution is 5.80. The standard InChI is InChI=1S/C15H19F3N6/c1-10(11-5-4-6-12(7-11)15(16,17)18)23-14(19-2)20-8-13-21-9-22-24(13)3/h4-7,9-10H,8H2,1-3H3,(H2,19,20,23). The molecule has 1 atom stereocenters. The third-order valence-electron chi connectivity index (χ3n) is 3.51. The van der Waals surface area contributed by atoms with Gasteiger partial charge in [0.2, 0.25) is 0 Å². The Kier molecular flexibility index (Phi) is 5.42. The lowest BCUT2D eigenvalue weighted by molar-refractivity contribution is -0.137. The molecule has 24 heavy (non-hydrogen) atoms. The molecule has 6 nitrogen and oxygen atoms in total. The van der Waals surface area contributed by atoms with Crippen LogP contribution in [0.2, 0.25) is 0 Å². The fourth-order valence-electron chi connectivity index (χ4n) is 2.11. The van der Waals surface area contributed by atoms with Gasteiger partial charge in [0.05, 0.1) is 18.2 Å². The van der Waals surface area contributed by atoms with Crippen molar-refractivity contribution in [1.82, 2.24) is 25.4 Å². The minimum Gasteiger partial charge on any atom is -0.350 e. The summed E-state index contributed by atoms with van der Waals surface area (Å²) in [7, 11) is 3.36. The van der Waals surface area contributed by atoms with Gasteiger partial charge in [-0.25, -0.2) is 4.98 Å². The Bertz CT molecular complexity index is 707. The first kappa shape index (κ1) is 17.8. The minimum atomic E-state index is -4.36. The van der Waals surface area contributed by atoms with Crippen LogP contribution in [0.25, 0.3) is 0 Å². The Morgan fingerprint density at radius 3 is 2.71 bits per heavy atom. The van der Waals surface area contributed by atoms with E-state index in [2.05, 4.69) is 25.7 Å². The van der Waals surface area contributed by atoms with E-state index in [0.29, 0.717) is 23.9 Å². The van der Waals surface area contributed by atoms with Crippen molar-refractivity contribution in [2.75, 3.05) is 7.05 Å². The molecule has 0 saturated carbocycles. The number of aryl methyl sites for hydroxylation is 1. The molecule has 1 heterocycles. The molecule has 9 heteroatoms. The van der Waals surface area contributed by atoms with Crippen LogP contribution in [0.4, 0.5) is 13.2 Å². The zero-order valence-corrected chi connectivity index (χ0v) is 13.6. The summed E-state index contributed by atoms with van der Waals surface area (Å²) in [6, 6.07) is 4.87. The first-order valence-corrected chi connectivity index (χ1v) is 7.28. The highest BCUT2D eigenvalue weighted by Crippen LogP contribution is 2.30. The lowest BCUT2D eigenvalue weighted by Gasteiger charge is -2.19. The normalized spacial score (nSPS) is 13.7. The quantitative estimate of drug-likeness (QED) is 0.662. The van der Waals surface area contributed by atoms with Crippen LogP contribution in [0.5, 0.6) is 0 Å². The van der Waals surface area contributed by atoms with E-state index < -0.39 is 11.7 Å². The Balaban J connectivity index is 2.02. The van der Waals surface area contributed by atoms with Gasteiger partial charge in [-0.3, -0.25) is 9.67 Å². The molecule has 0 aliphatic carbocycles. The summed E-state index contributed by atoms with van der Waals surface area (Å²) >= 11 is 0. The molecule has 0 aliphatic heterocycles. The molecule has 0 saturated heterocycles. The number of hydrogen-bond donors (Lipinski definition) is 2. The topological polar surface area (TPSA) is 67.1 Å². The van der Waals surface area contributed by atoms with E-state index in [1.807, 2.05) is 0 Å². The van der Waals surface area contributed by atoms with Gasteiger partial charge in [-0.05, 0) is 24.6 Å². The second-order valence-electron chi connectivity index (χ2n) is 5.21. The van der Waals surface area contributed by atoms with Gasteiger partial charge in [0.1, 0.15) is 12.2 Å². The van der Waals surface area contributed by atoms with E-state index in [-0.39, 0.29) is 6.04 Å². The van der Waals surface area contributed by atoms with Gasteiger partial charge < -0.3 is 10.6 Å². The average Bonchev–Trinajstić information content (AvgIpc) is 2.95. The second kappa shape index (κ2) is 7.33. The predicted octanol–water partition coefficient (Wildman–Crippen LogP) is 2.26. The molecule has 0 amide bonds. The highest BCUT2D eigenvalue weighted by Gasteiger charge is 2.30.